The van der Waals surface area contributed by atoms with Crippen molar-refractivity contribution in [3.05, 3.63) is 34.9 Å². The molecule has 0 heterocycles. The van der Waals surface area contributed by atoms with Crippen LogP contribution >= 0.6 is 0 Å². The predicted molar refractivity (Wildman–Crippen MR) is 87.0 cm³/mol. The van der Waals surface area contributed by atoms with Crippen LogP contribution in [0.5, 0.6) is 0 Å². The van der Waals surface area contributed by atoms with Gasteiger partial charge in [-0.2, -0.15) is 0 Å². The van der Waals surface area contributed by atoms with E-state index in [-0.39, 0.29) is 11.7 Å². The van der Waals surface area contributed by atoms with Crippen molar-refractivity contribution in [1.29, 1.82) is 0 Å². The van der Waals surface area contributed by atoms with Crippen LogP contribution in [0.3, 0.4) is 0 Å². The molecule has 0 bridgehead atoms. The summed E-state index contributed by atoms with van der Waals surface area (Å²) in [6, 6.07) is 6.42. The smallest absolute Gasteiger partial charge is 0.220 e. The summed E-state index contributed by atoms with van der Waals surface area (Å²) in [7, 11) is 0. The van der Waals surface area contributed by atoms with Crippen LogP contribution in [0.1, 0.15) is 72.9 Å². The number of aryl methyl sites for hydroxylation is 2. The molecule has 2 aliphatic carbocycles. The van der Waals surface area contributed by atoms with Crippen molar-refractivity contribution >= 4 is 11.7 Å². The number of rotatable bonds is 5. The molecule has 1 amide bonds. The minimum atomic E-state index is 0.0261. The fourth-order valence-electron chi connectivity index (χ4n) is 3.65. The van der Waals surface area contributed by atoms with Gasteiger partial charge in [-0.3, -0.25) is 9.59 Å². The van der Waals surface area contributed by atoms with Gasteiger partial charge in [0.2, 0.25) is 5.91 Å². The minimum absolute atomic E-state index is 0.0261. The van der Waals surface area contributed by atoms with Crippen molar-refractivity contribution in [2.45, 2.75) is 70.3 Å². The lowest BCUT2D eigenvalue weighted by Crippen LogP contribution is -2.32. The second-order valence-corrected chi connectivity index (χ2v) is 6.66. The number of hydrogen-bond donors (Lipinski definition) is 1. The molecule has 2 aliphatic rings. The van der Waals surface area contributed by atoms with E-state index in [1.165, 1.54) is 36.8 Å². The molecule has 3 rings (SSSR count). The molecule has 1 aromatic carbocycles. The molecule has 0 saturated heterocycles. The van der Waals surface area contributed by atoms with Gasteiger partial charge in [-0.05, 0) is 55.7 Å². The highest BCUT2D eigenvalue weighted by Crippen LogP contribution is 2.23. The van der Waals surface area contributed by atoms with Crippen LogP contribution in [0.15, 0.2) is 18.2 Å². The van der Waals surface area contributed by atoms with E-state index >= 15 is 0 Å². The summed E-state index contributed by atoms with van der Waals surface area (Å²) in [6.07, 6.45) is 9.90. The largest absolute Gasteiger partial charge is 0.353 e. The lowest BCUT2D eigenvalue weighted by atomic mass is 9.89. The zero-order valence-electron chi connectivity index (χ0n) is 13.2. The van der Waals surface area contributed by atoms with Crippen LogP contribution < -0.4 is 5.32 Å². The Morgan fingerprint density at radius 3 is 2.45 bits per heavy atom. The normalized spacial score (nSPS) is 18.0. The average molecular weight is 299 g/mol. The first-order chi connectivity index (χ1) is 10.7. The second kappa shape index (κ2) is 7.08. The third-order valence-electron chi connectivity index (χ3n) is 4.97. The predicted octanol–water partition coefficient (Wildman–Crippen LogP) is 3.59. The van der Waals surface area contributed by atoms with Gasteiger partial charge >= 0.3 is 0 Å². The maximum absolute atomic E-state index is 12.3. The maximum atomic E-state index is 12.3. The Balaban J connectivity index is 1.52. The molecule has 0 atom stereocenters. The lowest BCUT2D eigenvalue weighted by molar-refractivity contribution is -0.121. The number of ketones is 1. The van der Waals surface area contributed by atoms with Gasteiger partial charge in [0.1, 0.15) is 0 Å². The Morgan fingerprint density at radius 1 is 0.955 bits per heavy atom. The van der Waals surface area contributed by atoms with Gasteiger partial charge in [0.05, 0.1) is 0 Å². The Hall–Kier alpha value is -1.64. The molecule has 0 unspecified atom stereocenters. The number of Topliss-reactive ketones (excluding diaryl/α,β-unsaturated/α-hetero) is 1. The quantitative estimate of drug-likeness (QED) is 0.845. The van der Waals surface area contributed by atoms with E-state index in [0.717, 1.165) is 31.2 Å². The third kappa shape index (κ3) is 3.76. The third-order valence-corrected chi connectivity index (χ3v) is 4.97. The van der Waals surface area contributed by atoms with Crippen molar-refractivity contribution in [3.63, 3.8) is 0 Å². The number of benzene rings is 1. The molecule has 1 aromatic rings. The van der Waals surface area contributed by atoms with E-state index in [2.05, 4.69) is 11.4 Å². The Kier molecular flexibility index (Phi) is 4.91. The van der Waals surface area contributed by atoms with Crippen LogP contribution in [-0.4, -0.2) is 17.7 Å². The van der Waals surface area contributed by atoms with E-state index in [1.807, 2.05) is 12.1 Å². The van der Waals surface area contributed by atoms with Crippen LogP contribution in [0, 0.1) is 0 Å². The first-order valence-corrected chi connectivity index (χ1v) is 8.67. The molecule has 0 radical (unpaired) electrons. The molecule has 3 heteroatoms. The van der Waals surface area contributed by atoms with Crippen LogP contribution in [0.4, 0.5) is 0 Å². The molecule has 0 spiro atoms. The highest BCUT2D eigenvalue weighted by molar-refractivity contribution is 5.98. The number of carbonyl (C=O) groups excluding carboxylic acids is 2. The van der Waals surface area contributed by atoms with Gasteiger partial charge in [0.25, 0.3) is 0 Å². The molecule has 1 saturated carbocycles. The molecular weight excluding hydrogens is 274 g/mol. The topological polar surface area (TPSA) is 46.2 Å². The van der Waals surface area contributed by atoms with Crippen molar-refractivity contribution in [2.24, 2.45) is 0 Å². The summed E-state index contributed by atoms with van der Waals surface area (Å²) >= 11 is 0. The van der Waals surface area contributed by atoms with Gasteiger partial charge < -0.3 is 5.32 Å². The molecular formula is C19H25NO2. The zero-order valence-corrected chi connectivity index (χ0v) is 13.2. The Bertz CT molecular complexity index is 559. The number of carbonyl (C=O) groups is 2. The van der Waals surface area contributed by atoms with Crippen molar-refractivity contribution in [1.82, 2.24) is 5.32 Å². The van der Waals surface area contributed by atoms with Gasteiger partial charge in [-0.15, -0.1) is 0 Å². The Morgan fingerprint density at radius 2 is 1.68 bits per heavy atom. The lowest BCUT2D eigenvalue weighted by Gasteiger charge is -2.16. The van der Waals surface area contributed by atoms with Gasteiger partial charge in [0, 0.05) is 24.4 Å². The van der Waals surface area contributed by atoms with E-state index < -0.39 is 0 Å². The summed E-state index contributed by atoms with van der Waals surface area (Å²) in [6.45, 7) is 0. The van der Waals surface area contributed by atoms with Crippen molar-refractivity contribution in [2.75, 3.05) is 0 Å². The molecule has 0 aromatic heterocycles. The zero-order chi connectivity index (χ0) is 15.4. The van der Waals surface area contributed by atoms with E-state index in [1.54, 1.807) is 0 Å². The summed E-state index contributed by atoms with van der Waals surface area (Å²) in [5.74, 6) is 0.119. The minimum Gasteiger partial charge on any atom is -0.353 e. The van der Waals surface area contributed by atoms with Gasteiger partial charge in [0.15, 0.2) is 5.78 Å². The van der Waals surface area contributed by atoms with Crippen LogP contribution in [0.25, 0.3) is 0 Å². The number of amides is 1. The molecule has 118 valence electrons. The molecule has 3 nitrogen and oxygen atoms in total. The van der Waals surface area contributed by atoms with E-state index in [4.69, 9.17) is 0 Å². The fraction of sp³-hybridized carbons (Fsp3) is 0.579. The van der Waals surface area contributed by atoms with Gasteiger partial charge in [-0.1, -0.05) is 25.0 Å². The van der Waals surface area contributed by atoms with E-state index in [9.17, 15) is 9.59 Å². The summed E-state index contributed by atoms with van der Waals surface area (Å²) in [4.78, 5) is 24.2. The van der Waals surface area contributed by atoms with Crippen molar-refractivity contribution < 1.29 is 9.59 Å². The Labute approximate surface area is 132 Å². The first kappa shape index (κ1) is 15.3. The molecule has 0 aliphatic heterocycles. The highest BCUT2D eigenvalue weighted by Gasteiger charge is 2.18. The van der Waals surface area contributed by atoms with Gasteiger partial charge in [-0.25, -0.2) is 0 Å². The standard InChI is InChI=1S/C19H25NO2/c21-18(11-12-19(22)20-17-7-3-4-8-17)16-10-9-14-5-1-2-6-15(14)13-16/h9-10,13,17H,1-8,11-12H2,(H,20,22). The highest BCUT2D eigenvalue weighted by atomic mass is 16.2. The maximum Gasteiger partial charge on any atom is 0.220 e. The van der Waals surface area contributed by atoms with E-state index in [0.29, 0.717) is 18.9 Å². The molecule has 1 N–H and O–H groups in total. The second-order valence-electron chi connectivity index (χ2n) is 6.66. The fourth-order valence-corrected chi connectivity index (χ4v) is 3.65. The van der Waals surface area contributed by atoms with Crippen molar-refractivity contribution in [3.8, 4) is 0 Å². The summed E-state index contributed by atoms with van der Waals surface area (Å²) in [5.41, 5.74) is 3.49. The average Bonchev–Trinajstić information content (AvgIpc) is 3.05. The number of nitrogens with one attached hydrogen (secondary N) is 1. The first-order valence-electron chi connectivity index (χ1n) is 8.67. The monoisotopic (exact) mass is 299 g/mol. The molecule has 22 heavy (non-hydrogen) atoms. The SMILES string of the molecule is O=C(CCC(=O)c1ccc2c(c1)CCCC2)NC1CCCC1. The summed E-state index contributed by atoms with van der Waals surface area (Å²) < 4.78 is 0. The summed E-state index contributed by atoms with van der Waals surface area (Å²) in [5, 5.41) is 3.04. The number of fused-ring (bicyclic) bond motifs is 1. The van der Waals surface area contributed by atoms with Crippen LogP contribution in [-0.2, 0) is 17.6 Å². The molecule has 1 fully saturated rings. The van der Waals surface area contributed by atoms with Crippen LogP contribution in [0.2, 0.25) is 0 Å². The number of hydrogen-bond acceptors (Lipinski definition) is 2.